The summed E-state index contributed by atoms with van der Waals surface area (Å²) in [6.45, 7) is 3.81. The molecule has 0 aliphatic rings. The summed E-state index contributed by atoms with van der Waals surface area (Å²) < 4.78 is 6.60. The Morgan fingerprint density at radius 1 is 1.00 bits per heavy atom. The van der Waals surface area contributed by atoms with Crippen molar-refractivity contribution in [3.63, 3.8) is 0 Å². The SMILES string of the molecule is C=Cc1ccc2[c]c(-c3ccc(OC(=O)c4ccccc4)cc3)sc2c1. The molecule has 1 heterocycles. The summed E-state index contributed by atoms with van der Waals surface area (Å²) in [5.41, 5.74) is 2.68. The number of benzene rings is 3. The molecular formula is C23H15O2S. The van der Waals surface area contributed by atoms with Crippen LogP contribution in [0.15, 0.2) is 79.4 Å². The standard InChI is InChI=1S/C23H15O2S/c1-2-16-8-9-19-15-22(26-21(19)14-16)17-10-12-20(13-11-17)25-23(24)18-6-4-3-5-7-18/h2-14H,1H2. The zero-order valence-electron chi connectivity index (χ0n) is 13.9. The third kappa shape index (κ3) is 3.30. The molecule has 0 bridgehead atoms. The number of hydrogen-bond acceptors (Lipinski definition) is 3. The molecule has 3 heteroatoms. The molecule has 0 unspecified atom stereocenters. The van der Waals surface area contributed by atoms with Gasteiger partial charge in [-0.25, -0.2) is 4.79 Å². The second kappa shape index (κ2) is 6.98. The van der Waals surface area contributed by atoms with Crippen molar-refractivity contribution in [2.24, 2.45) is 0 Å². The molecule has 0 saturated carbocycles. The van der Waals surface area contributed by atoms with Crippen molar-refractivity contribution >= 4 is 33.5 Å². The van der Waals surface area contributed by atoms with Crippen molar-refractivity contribution < 1.29 is 9.53 Å². The number of fused-ring (bicyclic) bond motifs is 1. The molecule has 0 aliphatic heterocycles. The number of thiophene rings is 1. The van der Waals surface area contributed by atoms with Crippen LogP contribution in [0.2, 0.25) is 0 Å². The van der Waals surface area contributed by atoms with Crippen molar-refractivity contribution in [2.75, 3.05) is 0 Å². The van der Waals surface area contributed by atoms with E-state index in [1.165, 1.54) is 4.70 Å². The van der Waals surface area contributed by atoms with Crippen LogP contribution >= 0.6 is 11.3 Å². The smallest absolute Gasteiger partial charge is 0.343 e. The average Bonchev–Trinajstić information content (AvgIpc) is 3.12. The van der Waals surface area contributed by atoms with Crippen molar-refractivity contribution in [1.82, 2.24) is 0 Å². The van der Waals surface area contributed by atoms with E-state index < -0.39 is 0 Å². The Morgan fingerprint density at radius 2 is 1.77 bits per heavy atom. The minimum Gasteiger partial charge on any atom is -0.423 e. The van der Waals surface area contributed by atoms with E-state index in [-0.39, 0.29) is 5.97 Å². The van der Waals surface area contributed by atoms with Crippen molar-refractivity contribution in [3.8, 4) is 16.2 Å². The fourth-order valence-electron chi connectivity index (χ4n) is 2.66. The normalized spacial score (nSPS) is 10.6. The molecule has 1 aromatic heterocycles. The first kappa shape index (κ1) is 16.3. The average molecular weight is 355 g/mol. The van der Waals surface area contributed by atoms with Gasteiger partial charge in [0.05, 0.1) is 5.56 Å². The van der Waals surface area contributed by atoms with Gasteiger partial charge in [0.1, 0.15) is 5.75 Å². The minimum absolute atomic E-state index is 0.358. The molecule has 125 valence electrons. The van der Waals surface area contributed by atoms with Crippen LogP contribution in [0.5, 0.6) is 5.75 Å². The molecule has 1 radical (unpaired) electrons. The van der Waals surface area contributed by atoms with Gasteiger partial charge >= 0.3 is 5.97 Å². The predicted molar refractivity (Wildman–Crippen MR) is 108 cm³/mol. The number of rotatable bonds is 4. The highest BCUT2D eigenvalue weighted by molar-refractivity contribution is 7.22. The lowest BCUT2D eigenvalue weighted by Gasteiger charge is -2.05. The number of esters is 1. The fourth-order valence-corrected chi connectivity index (χ4v) is 3.72. The van der Waals surface area contributed by atoms with Crippen LogP contribution in [0.25, 0.3) is 26.6 Å². The van der Waals surface area contributed by atoms with Gasteiger partial charge in [-0.05, 0) is 53.6 Å². The molecule has 4 rings (SSSR count). The summed E-state index contributed by atoms with van der Waals surface area (Å²) in [6, 6.07) is 26.1. The third-order valence-corrected chi connectivity index (χ3v) is 5.14. The molecule has 0 saturated heterocycles. The maximum absolute atomic E-state index is 12.1. The van der Waals surface area contributed by atoms with Gasteiger partial charge in [-0.1, -0.05) is 43.0 Å². The lowest BCUT2D eigenvalue weighted by molar-refractivity contribution is 0.0735. The maximum Gasteiger partial charge on any atom is 0.343 e. The van der Waals surface area contributed by atoms with Crippen molar-refractivity contribution in [1.29, 1.82) is 0 Å². The Morgan fingerprint density at radius 3 is 2.50 bits per heavy atom. The maximum atomic E-state index is 12.1. The van der Waals surface area contributed by atoms with E-state index in [0.717, 1.165) is 21.4 Å². The number of ether oxygens (including phenoxy) is 1. The van der Waals surface area contributed by atoms with E-state index in [9.17, 15) is 4.79 Å². The Kier molecular flexibility index (Phi) is 4.38. The summed E-state index contributed by atoms with van der Waals surface area (Å²) in [5.74, 6) is 0.168. The summed E-state index contributed by atoms with van der Waals surface area (Å²) in [5, 5.41) is 1.09. The summed E-state index contributed by atoms with van der Waals surface area (Å²) >= 11 is 1.69. The largest absolute Gasteiger partial charge is 0.423 e. The first-order valence-corrected chi connectivity index (χ1v) is 9.00. The highest BCUT2D eigenvalue weighted by Gasteiger charge is 2.09. The molecule has 0 atom stereocenters. The first-order chi connectivity index (χ1) is 12.7. The zero-order chi connectivity index (χ0) is 17.9. The predicted octanol–water partition coefficient (Wildman–Crippen LogP) is 6.23. The van der Waals surface area contributed by atoms with E-state index >= 15 is 0 Å². The summed E-state index contributed by atoms with van der Waals surface area (Å²) in [6.07, 6.45) is 1.84. The van der Waals surface area contributed by atoms with Gasteiger partial charge in [0.15, 0.2) is 0 Å². The summed E-state index contributed by atoms with van der Waals surface area (Å²) in [7, 11) is 0. The van der Waals surface area contributed by atoms with Gasteiger partial charge in [-0.2, -0.15) is 0 Å². The first-order valence-electron chi connectivity index (χ1n) is 8.19. The van der Waals surface area contributed by atoms with Crippen LogP contribution in [0.1, 0.15) is 15.9 Å². The van der Waals surface area contributed by atoms with Crippen LogP contribution in [-0.2, 0) is 0 Å². The molecule has 0 fully saturated rings. The lowest BCUT2D eigenvalue weighted by Crippen LogP contribution is -2.07. The Hall–Kier alpha value is -3.17. The molecular weight excluding hydrogens is 340 g/mol. The molecule has 2 nitrogen and oxygen atoms in total. The van der Waals surface area contributed by atoms with Crippen LogP contribution < -0.4 is 4.74 Å². The van der Waals surface area contributed by atoms with Gasteiger partial charge in [0, 0.05) is 21.0 Å². The van der Waals surface area contributed by atoms with Gasteiger partial charge in [0.2, 0.25) is 0 Å². The summed E-state index contributed by atoms with van der Waals surface area (Å²) in [4.78, 5) is 13.2. The second-order valence-electron chi connectivity index (χ2n) is 5.80. The minimum atomic E-state index is -0.358. The van der Waals surface area contributed by atoms with Gasteiger partial charge in [-0.15, -0.1) is 11.3 Å². The van der Waals surface area contributed by atoms with E-state index in [2.05, 4.69) is 24.8 Å². The molecule has 26 heavy (non-hydrogen) atoms. The Bertz CT molecular complexity index is 1080. The Labute approximate surface area is 156 Å². The molecule has 0 aliphatic carbocycles. The zero-order valence-corrected chi connectivity index (χ0v) is 14.8. The Balaban J connectivity index is 1.56. The van der Waals surface area contributed by atoms with Crippen LogP contribution in [0.3, 0.4) is 0 Å². The van der Waals surface area contributed by atoms with E-state index in [1.54, 1.807) is 23.5 Å². The molecule has 3 aromatic carbocycles. The van der Waals surface area contributed by atoms with Crippen molar-refractivity contribution in [3.05, 3.63) is 96.6 Å². The number of carbonyl (C=O) groups is 1. The molecule has 4 aromatic rings. The van der Waals surface area contributed by atoms with E-state index in [0.29, 0.717) is 11.3 Å². The third-order valence-electron chi connectivity index (χ3n) is 4.04. The van der Waals surface area contributed by atoms with Crippen LogP contribution in [0, 0.1) is 6.07 Å². The van der Waals surface area contributed by atoms with Gasteiger partial charge in [-0.3, -0.25) is 0 Å². The molecule has 0 spiro atoms. The van der Waals surface area contributed by atoms with Gasteiger partial charge in [0.25, 0.3) is 0 Å². The second-order valence-corrected chi connectivity index (χ2v) is 6.85. The van der Waals surface area contributed by atoms with Crippen LogP contribution in [-0.4, -0.2) is 5.97 Å². The fraction of sp³-hybridized carbons (Fsp3) is 0. The highest BCUT2D eigenvalue weighted by Crippen LogP contribution is 2.34. The number of hydrogen-bond donors (Lipinski definition) is 0. The van der Waals surface area contributed by atoms with Crippen molar-refractivity contribution in [2.45, 2.75) is 0 Å². The lowest BCUT2D eigenvalue weighted by atomic mass is 10.1. The monoisotopic (exact) mass is 355 g/mol. The van der Waals surface area contributed by atoms with Gasteiger partial charge < -0.3 is 4.74 Å². The molecule has 0 N–H and O–H groups in total. The van der Waals surface area contributed by atoms with E-state index in [4.69, 9.17) is 4.74 Å². The quantitative estimate of drug-likeness (QED) is 0.320. The van der Waals surface area contributed by atoms with Crippen LogP contribution in [0.4, 0.5) is 0 Å². The highest BCUT2D eigenvalue weighted by atomic mass is 32.1. The number of carbonyl (C=O) groups excluding carboxylic acids is 1. The topological polar surface area (TPSA) is 26.3 Å². The molecule has 0 amide bonds. The van der Waals surface area contributed by atoms with E-state index in [1.807, 2.05) is 54.6 Å².